The van der Waals surface area contributed by atoms with Gasteiger partial charge in [0.25, 0.3) is 0 Å². The molecule has 0 aromatic heterocycles. The van der Waals surface area contributed by atoms with Crippen molar-refractivity contribution in [1.29, 1.82) is 0 Å². The molecule has 0 saturated heterocycles. The molecule has 4 N–H and O–H groups in total. The Hall–Kier alpha value is -2.49. The van der Waals surface area contributed by atoms with Crippen molar-refractivity contribution in [2.45, 2.75) is 33.7 Å². The number of phenolic OH excluding ortho intramolecular Hbond substituents is 1. The van der Waals surface area contributed by atoms with Gasteiger partial charge in [-0.2, -0.15) is 0 Å². The number of nitrogens with one attached hydrogen (secondary N) is 1. The third-order valence-corrected chi connectivity index (χ3v) is 3.59. The number of nitrogens with two attached hydrogens (primary N) is 1. The number of phenols is 1. The van der Waals surface area contributed by atoms with Crippen LogP contribution in [0.2, 0.25) is 0 Å². The zero-order valence-electron chi connectivity index (χ0n) is 13.4. The summed E-state index contributed by atoms with van der Waals surface area (Å²) in [6.07, 6.45) is 0.985. The minimum Gasteiger partial charge on any atom is -0.507 e. The van der Waals surface area contributed by atoms with E-state index in [1.807, 2.05) is 38.1 Å². The molecule has 22 heavy (non-hydrogen) atoms. The Morgan fingerprint density at radius 2 is 1.82 bits per heavy atom. The van der Waals surface area contributed by atoms with Crippen LogP contribution in [0.15, 0.2) is 41.4 Å². The molecule has 0 radical (unpaired) electrons. The maximum atomic E-state index is 9.78. The predicted molar refractivity (Wildman–Crippen MR) is 92.3 cm³/mol. The number of anilines is 1. The van der Waals surface area contributed by atoms with Gasteiger partial charge in [0.05, 0.1) is 6.54 Å². The summed E-state index contributed by atoms with van der Waals surface area (Å²) in [5, 5.41) is 12.9. The first kappa shape index (κ1) is 15.9. The molecule has 0 saturated carbocycles. The lowest BCUT2D eigenvalue weighted by atomic mass is 10.1. The van der Waals surface area contributed by atoms with Gasteiger partial charge in [-0.3, -0.25) is 0 Å². The summed E-state index contributed by atoms with van der Waals surface area (Å²) < 4.78 is 0. The molecule has 2 rings (SSSR count). The molecule has 0 unspecified atom stereocenters. The first-order valence-electron chi connectivity index (χ1n) is 7.44. The van der Waals surface area contributed by atoms with Gasteiger partial charge in [-0.25, -0.2) is 4.99 Å². The first-order chi connectivity index (χ1) is 10.5. The summed E-state index contributed by atoms with van der Waals surface area (Å²) in [5.74, 6) is 0.729. The van der Waals surface area contributed by atoms with E-state index in [4.69, 9.17) is 5.73 Å². The van der Waals surface area contributed by atoms with Crippen LogP contribution in [0, 0.1) is 13.8 Å². The Labute approximate surface area is 131 Å². The second-order valence-electron chi connectivity index (χ2n) is 5.46. The lowest BCUT2D eigenvalue weighted by Crippen LogP contribution is -2.22. The fourth-order valence-corrected chi connectivity index (χ4v) is 2.37. The summed E-state index contributed by atoms with van der Waals surface area (Å²) in [5.41, 5.74) is 10.9. The first-order valence-corrected chi connectivity index (χ1v) is 7.44. The van der Waals surface area contributed by atoms with Crippen LogP contribution in [0.1, 0.15) is 29.2 Å². The SMILES string of the molecule is CCc1cccc(NC(N)=NCc2cc(C)c(O)c(C)c2)c1. The molecule has 2 aromatic rings. The quantitative estimate of drug-likeness (QED) is 0.597. The second kappa shape index (κ2) is 6.98. The van der Waals surface area contributed by atoms with E-state index >= 15 is 0 Å². The van der Waals surface area contributed by atoms with Gasteiger partial charge < -0.3 is 16.2 Å². The highest BCUT2D eigenvalue weighted by Crippen LogP contribution is 2.23. The zero-order chi connectivity index (χ0) is 16.1. The van der Waals surface area contributed by atoms with Gasteiger partial charge in [-0.15, -0.1) is 0 Å². The molecule has 116 valence electrons. The van der Waals surface area contributed by atoms with E-state index in [0.717, 1.165) is 28.8 Å². The van der Waals surface area contributed by atoms with Crippen molar-refractivity contribution in [1.82, 2.24) is 0 Å². The van der Waals surface area contributed by atoms with Crippen molar-refractivity contribution < 1.29 is 5.11 Å². The molecule has 0 bridgehead atoms. The van der Waals surface area contributed by atoms with Gasteiger partial charge in [-0.05, 0) is 54.7 Å². The molecular formula is C18H23N3O. The number of hydrogen-bond donors (Lipinski definition) is 3. The highest BCUT2D eigenvalue weighted by atomic mass is 16.3. The molecule has 0 aliphatic heterocycles. The Morgan fingerprint density at radius 1 is 1.14 bits per heavy atom. The van der Waals surface area contributed by atoms with Crippen LogP contribution in [0.3, 0.4) is 0 Å². The Bertz CT molecular complexity index is 669. The van der Waals surface area contributed by atoms with Gasteiger partial charge >= 0.3 is 0 Å². The van der Waals surface area contributed by atoms with E-state index in [0.29, 0.717) is 18.3 Å². The molecule has 0 aliphatic carbocycles. The Morgan fingerprint density at radius 3 is 2.45 bits per heavy atom. The third kappa shape index (κ3) is 4.01. The number of guanidine groups is 1. The van der Waals surface area contributed by atoms with Crippen molar-refractivity contribution >= 4 is 11.6 Å². The lowest BCUT2D eigenvalue weighted by Gasteiger charge is -2.08. The van der Waals surface area contributed by atoms with Crippen LogP contribution in [-0.2, 0) is 13.0 Å². The van der Waals surface area contributed by atoms with Gasteiger partial charge in [0, 0.05) is 5.69 Å². The average Bonchev–Trinajstić information content (AvgIpc) is 2.50. The standard InChI is InChI=1S/C18H23N3O/c1-4-14-6-5-7-16(10-14)21-18(19)20-11-15-8-12(2)17(22)13(3)9-15/h5-10,22H,4,11H2,1-3H3,(H3,19,20,21). The number of benzene rings is 2. The highest BCUT2D eigenvalue weighted by molar-refractivity contribution is 5.92. The molecule has 0 aliphatic rings. The van der Waals surface area contributed by atoms with Crippen molar-refractivity contribution in [3.63, 3.8) is 0 Å². The van der Waals surface area contributed by atoms with Gasteiger partial charge in [-0.1, -0.05) is 31.2 Å². The molecule has 2 aromatic carbocycles. The van der Waals surface area contributed by atoms with Crippen LogP contribution >= 0.6 is 0 Å². The smallest absolute Gasteiger partial charge is 0.193 e. The number of aromatic hydroxyl groups is 1. The number of rotatable bonds is 4. The summed E-state index contributed by atoms with van der Waals surface area (Å²) in [4.78, 5) is 4.36. The normalized spacial score (nSPS) is 11.5. The highest BCUT2D eigenvalue weighted by Gasteiger charge is 2.03. The van der Waals surface area contributed by atoms with E-state index in [1.54, 1.807) is 0 Å². The van der Waals surface area contributed by atoms with Crippen LogP contribution in [0.25, 0.3) is 0 Å². The number of aryl methyl sites for hydroxylation is 3. The molecule has 4 heteroatoms. The van der Waals surface area contributed by atoms with E-state index < -0.39 is 0 Å². The minimum atomic E-state index is 0.343. The lowest BCUT2D eigenvalue weighted by molar-refractivity contribution is 0.466. The van der Waals surface area contributed by atoms with E-state index in [-0.39, 0.29) is 0 Å². The zero-order valence-corrected chi connectivity index (χ0v) is 13.4. The molecule has 0 amide bonds. The van der Waals surface area contributed by atoms with Crippen LogP contribution in [-0.4, -0.2) is 11.1 Å². The largest absolute Gasteiger partial charge is 0.507 e. The molecular weight excluding hydrogens is 274 g/mol. The van der Waals surface area contributed by atoms with Crippen molar-refractivity contribution in [2.24, 2.45) is 10.7 Å². The topological polar surface area (TPSA) is 70.6 Å². The Kier molecular flexibility index (Phi) is 5.04. The number of nitrogens with zero attached hydrogens (tertiary/aromatic N) is 1. The van der Waals surface area contributed by atoms with Crippen LogP contribution < -0.4 is 11.1 Å². The van der Waals surface area contributed by atoms with Crippen LogP contribution in [0.5, 0.6) is 5.75 Å². The fourth-order valence-electron chi connectivity index (χ4n) is 2.37. The number of hydrogen-bond acceptors (Lipinski definition) is 2. The summed E-state index contributed by atoms with van der Waals surface area (Å²) in [6, 6.07) is 12.0. The maximum Gasteiger partial charge on any atom is 0.193 e. The molecule has 0 fully saturated rings. The van der Waals surface area contributed by atoms with E-state index in [2.05, 4.69) is 29.4 Å². The fraction of sp³-hybridized carbons (Fsp3) is 0.278. The maximum absolute atomic E-state index is 9.78. The van der Waals surface area contributed by atoms with E-state index in [9.17, 15) is 5.11 Å². The second-order valence-corrected chi connectivity index (χ2v) is 5.46. The van der Waals surface area contributed by atoms with Crippen molar-refractivity contribution in [2.75, 3.05) is 5.32 Å². The van der Waals surface area contributed by atoms with Crippen molar-refractivity contribution in [3.05, 3.63) is 58.7 Å². The molecule has 0 heterocycles. The summed E-state index contributed by atoms with van der Waals surface area (Å²) >= 11 is 0. The van der Waals surface area contributed by atoms with Gasteiger partial charge in [0.1, 0.15) is 5.75 Å². The molecule has 4 nitrogen and oxygen atoms in total. The predicted octanol–water partition coefficient (Wildman–Crippen LogP) is 3.50. The molecule has 0 atom stereocenters. The Balaban J connectivity index is 2.06. The van der Waals surface area contributed by atoms with Crippen LogP contribution in [0.4, 0.5) is 5.69 Å². The third-order valence-electron chi connectivity index (χ3n) is 3.59. The van der Waals surface area contributed by atoms with Crippen molar-refractivity contribution in [3.8, 4) is 5.75 Å². The summed E-state index contributed by atoms with van der Waals surface area (Å²) in [6.45, 7) is 6.36. The minimum absolute atomic E-state index is 0.343. The number of aliphatic imine (C=N–C) groups is 1. The molecule has 0 spiro atoms. The monoisotopic (exact) mass is 297 g/mol. The van der Waals surface area contributed by atoms with Gasteiger partial charge in [0.2, 0.25) is 0 Å². The average molecular weight is 297 g/mol. The van der Waals surface area contributed by atoms with E-state index in [1.165, 1.54) is 5.56 Å². The summed E-state index contributed by atoms with van der Waals surface area (Å²) in [7, 11) is 0. The van der Waals surface area contributed by atoms with Gasteiger partial charge in [0.15, 0.2) is 5.96 Å².